The van der Waals surface area contributed by atoms with Crippen LogP contribution in [0.25, 0.3) is 16.9 Å². The lowest BCUT2D eigenvalue weighted by molar-refractivity contribution is 0.0697. The third kappa shape index (κ3) is 3.94. The van der Waals surface area contributed by atoms with E-state index in [9.17, 15) is 9.90 Å². The lowest BCUT2D eigenvalue weighted by atomic mass is 10.1. The van der Waals surface area contributed by atoms with Crippen molar-refractivity contribution in [2.45, 2.75) is 19.9 Å². The molecule has 8 heteroatoms. The number of hydrogen-bond acceptors (Lipinski definition) is 5. The van der Waals surface area contributed by atoms with E-state index in [4.69, 9.17) is 10.2 Å². The fourth-order valence-electron chi connectivity index (χ4n) is 3.59. The largest absolute Gasteiger partial charge is 0.478 e. The van der Waals surface area contributed by atoms with Gasteiger partial charge in [-0.25, -0.2) is 4.79 Å². The number of nitrogens with zero attached hydrogens (tertiary/aromatic N) is 4. The highest BCUT2D eigenvalue weighted by molar-refractivity contribution is 6.00. The van der Waals surface area contributed by atoms with Gasteiger partial charge in [0.25, 0.3) is 0 Å². The molecule has 0 amide bonds. The van der Waals surface area contributed by atoms with Gasteiger partial charge in [-0.05, 0) is 30.2 Å². The fraction of sp³-hybridized carbons (Fsp3) is 0.400. The minimum Gasteiger partial charge on any atom is -0.478 e. The summed E-state index contributed by atoms with van der Waals surface area (Å²) in [5, 5.41) is 32.7. The molecular formula is C20H26N4O4. The number of aliphatic hydroxyl groups excluding tert-OH is 2. The zero-order chi connectivity index (χ0) is 20.1. The normalized spacial score (nSPS) is 11.6. The molecular weight excluding hydrogens is 360 g/mol. The average Bonchev–Trinajstić information content (AvgIpc) is 3.28. The quantitative estimate of drug-likeness (QED) is 0.486. The monoisotopic (exact) mass is 386 g/mol. The summed E-state index contributed by atoms with van der Waals surface area (Å²) in [6, 6.07) is 7.52. The smallest absolute Gasteiger partial charge is 0.338 e. The third-order valence-electron chi connectivity index (χ3n) is 4.88. The molecule has 8 nitrogen and oxygen atoms in total. The molecule has 3 N–H and O–H groups in total. The van der Waals surface area contributed by atoms with Crippen LogP contribution in [0.4, 0.5) is 0 Å². The van der Waals surface area contributed by atoms with Crippen LogP contribution in [0.3, 0.4) is 0 Å². The summed E-state index contributed by atoms with van der Waals surface area (Å²) >= 11 is 0. The van der Waals surface area contributed by atoms with Crippen LogP contribution in [-0.2, 0) is 13.0 Å². The first-order valence-corrected chi connectivity index (χ1v) is 9.43. The molecule has 0 aliphatic carbocycles. The van der Waals surface area contributed by atoms with E-state index in [0.717, 1.165) is 11.1 Å². The maximum Gasteiger partial charge on any atom is 0.338 e. The van der Waals surface area contributed by atoms with E-state index in [0.29, 0.717) is 49.6 Å². The number of carboxylic acid groups (broad SMARTS) is 1. The summed E-state index contributed by atoms with van der Waals surface area (Å²) in [5.74, 6) is -0.956. The van der Waals surface area contributed by atoms with Crippen LogP contribution in [0.2, 0.25) is 0 Å². The molecule has 0 aliphatic heterocycles. The number of aromatic nitrogens is 3. The van der Waals surface area contributed by atoms with Crippen molar-refractivity contribution in [1.82, 2.24) is 19.1 Å². The molecule has 3 aromatic heterocycles. The Labute approximate surface area is 163 Å². The molecule has 150 valence electrons. The zero-order valence-electron chi connectivity index (χ0n) is 16.0. The molecule has 28 heavy (non-hydrogen) atoms. The molecule has 0 spiro atoms. The molecule has 0 aromatic carbocycles. The van der Waals surface area contributed by atoms with Gasteiger partial charge < -0.3 is 19.7 Å². The van der Waals surface area contributed by atoms with Gasteiger partial charge in [0.05, 0.1) is 31.0 Å². The van der Waals surface area contributed by atoms with Crippen LogP contribution < -0.4 is 0 Å². The summed E-state index contributed by atoms with van der Waals surface area (Å²) in [5.41, 5.74) is 3.16. The van der Waals surface area contributed by atoms with E-state index < -0.39 is 5.97 Å². The van der Waals surface area contributed by atoms with Crippen molar-refractivity contribution >= 4 is 11.5 Å². The Hall–Kier alpha value is -2.68. The minimum absolute atomic E-state index is 0.0300. The Morgan fingerprint density at radius 3 is 2.50 bits per heavy atom. The Morgan fingerprint density at radius 2 is 1.86 bits per heavy atom. The molecule has 0 bridgehead atoms. The summed E-state index contributed by atoms with van der Waals surface area (Å²) in [4.78, 5) is 14.0. The first-order chi connectivity index (χ1) is 13.6. The first-order valence-electron chi connectivity index (χ1n) is 9.43. The van der Waals surface area contributed by atoms with Gasteiger partial charge >= 0.3 is 5.97 Å². The van der Waals surface area contributed by atoms with Gasteiger partial charge in [-0.15, -0.1) is 0 Å². The van der Waals surface area contributed by atoms with Crippen LogP contribution in [-0.4, -0.2) is 73.2 Å². The standard InChI is InChI=1S/C20H26N4O4/c1-2-15-17-5-3-4-7-24(17)19(18(15)20(27)28)16-6-8-23(21-16)10-9-22(11-13-25)12-14-26/h3-8,25-26H,2,9-14H2,1H3,(H,27,28). The number of pyridine rings is 1. The van der Waals surface area contributed by atoms with Gasteiger partial charge in [0, 0.05) is 37.5 Å². The third-order valence-corrected chi connectivity index (χ3v) is 4.88. The highest BCUT2D eigenvalue weighted by Crippen LogP contribution is 2.31. The maximum atomic E-state index is 12.0. The van der Waals surface area contributed by atoms with Crippen LogP contribution in [0.1, 0.15) is 22.8 Å². The summed E-state index contributed by atoms with van der Waals surface area (Å²) in [7, 11) is 0. The van der Waals surface area contributed by atoms with Crippen molar-refractivity contribution in [3.05, 3.63) is 47.8 Å². The SMILES string of the molecule is CCc1c(C(=O)O)c(-c2ccn(CCN(CCO)CCO)n2)n2ccccc12. The topological polar surface area (TPSA) is 103 Å². The Balaban J connectivity index is 1.94. The summed E-state index contributed by atoms with van der Waals surface area (Å²) < 4.78 is 3.65. The van der Waals surface area contributed by atoms with Crippen LogP contribution in [0, 0.1) is 0 Å². The molecule has 0 saturated carbocycles. The predicted octanol–water partition coefficient (Wildman–Crippen LogP) is 1.35. The number of carbonyl (C=O) groups is 1. The van der Waals surface area contributed by atoms with E-state index >= 15 is 0 Å². The summed E-state index contributed by atoms with van der Waals surface area (Å²) in [6.07, 6.45) is 4.30. The van der Waals surface area contributed by atoms with Gasteiger partial charge in [-0.1, -0.05) is 13.0 Å². The Bertz CT molecular complexity index is 941. The Kier molecular flexibility index (Phi) is 6.45. The number of fused-ring (bicyclic) bond motifs is 1. The number of carboxylic acids is 1. The highest BCUT2D eigenvalue weighted by atomic mass is 16.4. The van der Waals surface area contributed by atoms with Crippen LogP contribution in [0.5, 0.6) is 0 Å². The number of aryl methyl sites for hydroxylation is 1. The predicted molar refractivity (Wildman–Crippen MR) is 106 cm³/mol. The molecule has 0 radical (unpaired) electrons. The molecule has 0 unspecified atom stereocenters. The van der Waals surface area contributed by atoms with Crippen molar-refractivity contribution in [2.75, 3.05) is 32.8 Å². The van der Waals surface area contributed by atoms with Crippen molar-refractivity contribution in [1.29, 1.82) is 0 Å². The van der Waals surface area contributed by atoms with Gasteiger partial charge in [-0.2, -0.15) is 5.10 Å². The van der Waals surface area contributed by atoms with Gasteiger partial charge in [0.15, 0.2) is 0 Å². The van der Waals surface area contributed by atoms with E-state index in [1.165, 1.54) is 0 Å². The number of rotatable bonds is 10. The second kappa shape index (κ2) is 9.01. The Morgan fingerprint density at radius 1 is 1.11 bits per heavy atom. The number of aliphatic hydroxyl groups is 2. The van der Waals surface area contributed by atoms with E-state index in [2.05, 4.69) is 5.10 Å². The molecule has 0 aliphatic rings. The van der Waals surface area contributed by atoms with Crippen molar-refractivity contribution in [3.8, 4) is 11.4 Å². The van der Waals surface area contributed by atoms with E-state index in [1.807, 2.05) is 52.9 Å². The summed E-state index contributed by atoms with van der Waals surface area (Å²) in [6.45, 7) is 4.19. The maximum absolute atomic E-state index is 12.0. The van der Waals surface area contributed by atoms with Crippen LogP contribution >= 0.6 is 0 Å². The number of hydrogen-bond donors (Lipinski definition) is 3. The molecule has 3 heterocycles. The molecule has 3 aromatic rings. The fourth-order valence-corrected chi connectivity index (χ4v) is 3.59. The second-order valence-corrected chi connectivity index (χ2v) is 6.57. The minimum atomic E-state index is -0.956. The van der Waals surface area contributed by atoms with Gasteiger partial charge in [0.1, 0.15) is 5.69 Å². The van der Waals surface area contributed by atoms with Crippen molar-refractivity contribution in [2.24, 2.45) is 0 Å². The van der Waals surface area contributed by atoms with Gasteiger partial charge in [0.2, 0.25) is 0 Å². The lowest BCUT2D eigenvalue weighted by Crippen LogP contribution is -2.32. The molecule has 0 saturated heterocycles. The molecule has 0 atom stereocenters. The van der Waals surface area contributed by atoms with E-state index in [-0.39, 0.29) is 13.2 Å². The van der Waals surface area contributed by atoms with Crippen LogP contribution in [0.15, 0.2) is 36.7 Å². The number of aromatic carboxylic acids is 1. The van der Waals surface area contributed by atoms with Crippen molar-refractivity contribution in [3.63, 3.8) is 0 Å². The van der Waals surface area contributed by atoms with E-state index in [1.54, 1.807) is 4.68 Å². The second-order valence-electron chi connectivity index (χ2n) is 6.57. The molecule has 0 fully saturated rings. The first kappa shape index (κ1) is 20.1. The van der Waals surface area contributed by atoms with Crippen molar-refractivity contribution < 1.29 is 20.1 Å². The van der Waals surface area contributed by atoms with Gasteiger partial charge in [-0.3, -0.25) is 9.58 Å². The highest BCUT2D eigenvalue weighted by Gasteiger charge is 2.24. The average molecular weight is 386 g/mol. The zero-order valence-corrected chi connectivity index (χ0v) is 16.0. The molecule has 3 rings (SSSR count). The lowest BCUT2D eigenvalue weighted by Gasteiger charge is -2.19.